The minimum atomic E-state index is 0.479. The maximum absolute atomic E-state index is 5.41. The molecule has 0 aliphatic heterocycles. The summed E-state index contributed by atoms with van der Waals surface area (Å²) in [6.45, 7) is 2.03. The van der Waals surface area contributed by atoms with Crippen molar-refractivity contribution in [3.8, 4) is 11.6 Å². The molecule has 0 amide bonds. The minimum Gasteiger partial charge on any atom is -0.479 e. The van der Waals surface area contributed by atoms with Crippen molar-refractivity contribution < 1.29 is 4.74 Å². The molecular formula is C13H11BrN4OS. The number of aromatic nitrogens is 4. The molecule has 2 heterocycles. The molecule has 0 saturated carbocycles. The normalized spacial score (nSPS) is 10.9. The van der Waals surface area contributed by atoms with Crippen LogP contribution in [0.3, 0.4) is 0 Å². The van der Waals surface area contributed by atoms with E-state index in [4.69, 9.17) is 17.0 Å². The van der Waals surface area contributed by atoms with Crippen LogP contribution in [0.25, 0.3) is 16.9 Å². The van der Waals surface area contributed by atoms with E-state index in [-0.39, 0.29) is 0 Å². The van der Waals surface area contributed by atoms with E-state index in [1.807, 2.05) is 29.7 Å². The lowest BCUT2D eigenvalue weighted by Crippen LogP contribution is -1.99. The largest absolute Gasteiger partial charge is 0.479 e. The van der Waals surface area contributed by atoms with Crippen LogP contribution in [0, 0.1) is 11.7 Å². The maximum atomic E-state index is 5.41. The molecule has 0 unspecified atom stereocenters. The molecule has 0 radical (unpaired) electrons. The van der Waals surface area contributed by atoms with Gasteiger partial charge in [0, 0.05) is 4.47 Å². The highest BCUT2D eigenvalue weighted by molar-refractivity contribution is 9.10. The fourth-order valence-corrected chi connectivity index (χ4v) is 2.76. The van der Waals surface area contributed by atoms with Crippen molar-refractivity contribution in [3.63, 3.8) is 0 Å². The molecule has 5 nitrogen and oxygen atoms in total. The summed E-state index contributed by atoms with van der Waals surface area (Å²) in [5, 5.41) is 0. The molecule has 0 spiro atoms. The first-order valence-electron chi connectivity index (χ1n) is 5.88. The van der Waals surface area contributed by atoms with Crippen molar-refractivity contribution in [1.29, 1.82) is 0 Å². The van der Waals surface area contributed by atoms with Gasteiger partial charge in [-0.1, -0.05) is 22.0 Å². The number of benzene rings is 1. The van der Waals surface area contributed by atoms with E-state index in [1.165, 1.54) is 6.33 Å². The average molecular weight is 351 g/mol. The number of fused-ring (bicyclic) bond motifs is 1. The summed E-state index contributed by atoms with van der Waals surface area (Å²) in [7, 11) is 1.57. The van der Waals surface area contributed by atoms with Gasteiger partial charge in [0.2, 0.25) is 5.88 Å². The van der Waals surface area contributed by atoms with Crippen LogP contribution in [0.1, 0.15) is 5.56 Å². The minimum absolute atomic E-state index is 0.479. The molecule has 0 fully saturated rings. The van der Waals surface area contributed by atoms with Crippen molar-refractivity contribution in [1.82, 2.24) is 19.5 Å². The molecule has 3 rings (SSSR count). The number of H-pyrrole nitrogens is 1. The number of hydrogen-bond acceptors (Lipinski definition) is 4. The Kier molecular flexibility index (Phi) is 3.31. The smallest absolute Gasteiger partial charge is 0.242 e. The lowest BCUT2D eigenvalue weighted by Gasteiger charge is -2.09. The summed E-state index contributed by atoms with van der Waals surface area (Å²) in [6.07, 6.45) is 1.47. The predicted molar refractivity (Wildman–Crippen MR) is 83.0 cm³/mol. The van der Waals surface area contributed by atoms with Gasteiger partial charge in [0.05, 0.1) is 12.8 Å². The number of nitrogens with one attached hydrogen (secondary N) is 1. The zero-order chi connectivity index (χ0) is 14.3. The van der Waals surface area contributed by atoms with Crippen LogP contribution in [-0.4, -0.2) is 26.6 Å². The van der Waals surface area contributed by atoms with Gasteiger partial charge in [-0.05, 0) is 36.8 Å². The van der Waals surface area contributed by atoms with Crippen molar-refractivity contribution in [2.24, 2.45) is 0 Å². The summed E-state index contributed by atoms with van der Waals surface area (Å²) in [5.41, 5.74) is 3.45. The monoisotopic (exact) mass is 350 g/mol. The van der Waals surface area contributed by atoms with E-state index in [1.54, 1.807) is 7.11 Å². The Bertz CT molecular complexity index is 855. The van der Waals surface area contributed by atoms with E-state index in [0.29, 0.717) is 21.8 Å². The Morgan fingerprint density at radius 2 is 2.15 bits per heavy atom. The molecule has 0 aliphatic carbocycles. The fourth-order valence-electron chi connectivity index (χ4n) is 2.12. The molecule has 0 aliphatic rings. The van der Waals surface area contributed by atoms with Crippen LogP contribution in [0.15, 0.2) is 29.0 Å². The Morgan fingerprint density at radius 3 is 2.90 bits per heavy atom. The number of rotatable bonds is 2. The topological polar surface area (TPSA) is 55.7 Å². The van der Waals surface area contributed by atoms with Crippen LogP contribution < -0.4 is 4.74 Å². The Morgan fingerprint density at radius 1 is 1.35 bits per heavy atom. The van der Waals surface area contributed by atoms with E-state index < -0.39 is 0 Å². The lowest BCUT2D eigenvalue weighted by molar-refractivity contribution is 0.401. The number of ether oxygens (including phenoxy) is 1. The van der Waals surface area contributed by atoms with Crippen molar-refractivity contribution in [2.45, 2.75) is 6.92 Å². The number of methoxy groups -OCH3 is 1. The second kappa shape index (κ2) is 4.99. The van der Waals surface area contributed by atoms with Gasteiger partial charge in [0.15, 0.2) is 10.4 Å². The Labute approximate surface area is 128 Å². The third kappa shape index (κ3) is 1.94. The summed E-state index contributed by atoms with van der Waals surface area (Å²) < 4.78 is 8.69. The maximum Gasteiger partial charge on any atom is 0.242 e. The highest BCUT2D eigenvalue weighted by atomic mass is 79.9. The van der Waals surface area contributed by atoms with Gasteiger partial charge in [0.25, 0.3) is 0 Å². The first kappa shape index (κ1) is 13.3. The van der Waals surface area contributed by atoms with Gasteiger partial charge >= 0.3 is 0 Å². The third-order valence-corrected chi connectivity index (χ3v) is 4.26. The summed E-state index contributed by atoms with van der Waals surface area (Å²) in [5.74, 6) is 0.479. The summed E-state index contributed by atoms with van der Waals surface area (Å²) in [6, 6.07) is 5.95. The van der Waals surface area contributed by atoms with Gasteiger partial charge < -0.3 is 9.72 Å². The Hall–Kier alpha value is -1.73. The summed E-state index contributed by atoms with van der Waals surface area (Å²) >= 11 is 8.95. The molecule has 102 valence electrons. The molecule has 2 aromatic heterocycles. The second-order valence-electron chi connectivity index (χ2n) is 4.23. The lowest BCUT2D eigenvalue weighted by atomic mass is 10.2. The van der Waals surface area contributed by atoms with Crippen LogP contribution in [0.2, 0.25) is 0 Å². The van der Waals surface area contributed by atoms with Crippen LogP contribution in [0.4, 0.5) is 0 Å². The van der Waals surface area contributed by atoms with Crippen molar-refractivity contribution in [2.75, 3.05) is 7.11 Å². The number of nitrogens with zero attached hydrogens (tertiary/aromatic N) is 3. The van der Waals surface area contributed by atoms with Crippen molar-refractivity contribution >= 4 is 39.3 Å². The van der Waals surface area contributed by atoms with Crippen LogP contribution >= 0.6 is 28.1 Å². The fraction of sp³-hybridized carbons (Fsp3) is 0.154. The van der Waals surface area contributed by atoms with Crippen LogP contribution in [0.5, 0.6) is 5.88 Å². The summed E-state index contributed by atoms with van der Waals surface area (Å²) in [4.78, 5) is 11.5. The average Bonchev–Trinajstić information content (AvgIpc) is 2.78. The molecule has 7 heteroatoms. The predicted octanol–water partition coefficient (Wildman–Crippen LogP) is 3.56. The van der Waals surface area contributed by atoms with Gasteiger partial charge in [0.1, 0.15) is 11.8 Å². The number of halogens is 1. The van der Waals surface area contributed by atoms with Gasteiger partial charge in [-0.3, -0.25) is 4.57 Å². The van der Waals surface area contributed by atoms with E-state index in [2.05, 4.69) is 30.9 Å². The van der Waals surface area contributed by atoms with Gasteiger partial charge in [-0.25, -0.2) is 4.98 Å². The molecule has 1 N–H and O–H groups in total. The quantitative estimate of drug-likeness (QED) is 0.718. The third-order valence-electron chi connectivity index (χ3n) is 3.11. The van der Waals surface area contributed by atoms with Crippen molar-refractivity contribution in [3.05, 3.63) is 39.3 Å². The Balaban J connectivity index is 2.40. The molecular weight excluding hydrogens is 340 g/mol. The highest BCUT2D eigenvalue weighted by Crippen LogP contribution is 2.27. The molecule has 20 heavy (non-hydrogen) atoms. The SMILES string of the molecule is COc1ncnc2c1[nH]c(=S)n2-c1cccc(Br)c1C. The highest BCUT2D eigenvalue weighted by Gasteiger charge is 2.14. The number of imidazole rings is 1. The molecule has 3 aromatic rings. The number of aromatic amines is 1. The molecule has 0 bridgehead atoms. The second-order valence-corrected chi connectivity index (χ2v) is 5.47. The number of hydrogen-bond donors (Lipinski definition) is 1. The first-order chi connectivity index (χ1) is 9.63. The molecule has 0 saturated heterocycles. The van der Waals surface area contributed by atoms with Gasteiger partial charge in [-0.15, -0.1) is 0 Å². The van der Waals surface area contributed by atoms with E-state index in [0.717, 1.165) is 15.7 Å². The van der Waals surface area contributed by atoms with E-state index >= 15 is 0 Å². The van der Waals surface area contributed by atoms with Crippen LogP contribution in [-0.2, 0) is 0 Å². The first-order valence-corrected chi connectivity index (χ1v) is 7.09. The standard InChI is InChI=1S/C13H11BrN4OS/c1-7-8(14)4-3-5-9(7)18-11-10(17-13(18)20)12(19-2)16-6-15-11/h3-6H,1-2H3,(H,17,20). The zero-order valence-electron chi connectivity index (χ0n) is 10.8. The van der Waals surface area contributed by atoms with Gasteiger partial charge in [-0.2, -0.15) is 4.98 Å². The molecule has 0 atom stereocenters. The van der Waals surface area contributed by atoms with E-state index in [9.17, 15) is 0 Å². The molecule has 1 aromatic carbocycles. The zero-order valence-corrected chi connectivity index (χ0v) is 13.2.